The molecule has 0 heterocycles. The van der Waals surface area contributed by atoms with Crippen LogP contribution in [0.5, 0.6) is 0 Å². The van der Waals surface area contributed by atoms with E-state index in [9.17, 15) is 22.8 Å². The van der Waals surface area contributed by atoms with Crippen molar-refractivity contribution in [1.29, 1.82) is 0 Å². The molecule has 0 saturated carbocycles. The summed E-state index contributed by atoms with van der Waals surface area (Å²) in [5.74, 6) is -0.829. The molecule has 0 unspecified atom stereocenters. The highest BCUT2D eigenvalue weighted by Gasteiger charge is 2.04. The van der Waals surface area contributed by atoms with Crippen LogP contribution in [0.15, 0.2) is 36.5 Å². The average molecular weight is 806 g/mol. The van der Waals surface area contributed by atoms with Gasteiger partial charge in [0.25, 0.3) is 0 Å². The molecule has 0 aliphatic heterocycles. The second-order valence-electron chi connectivity index (χ2n) is 14.0. The van der Waals surface area contributed by atoms with Gasteiger partial charge in [0.1, 0.15) is 6.61 Å². The lowest BCUT2D eigenvalue weighted by Gasteiger charge is -2.09. The van der Waals surface area contributed by atoms with Crippen LogP contribution in [0.3, 0.4) is 0 Å². The Balaban J connectivity index is -0.000000334. The summed E-state index contributed by atoms with van der Waals surface area (Å²) in [5, 5.41) is 0. The van der Waals surface area contributed by atoms with Crippen molar-refractivity contribution in [3.05, 3.63) is 36.5 Å². The van der Waals surface area contributed by atoms with Crippen molar-refractivity contribution in [2.24, 2.45) is 0 Å². The lowest BCUT2D eigenvalue weighted by atomic mass is 10.1. The van der Waals surface area contributed by atoms with Crippen molar-refractivity contribution < 1.29 is 45.4 Å². The summed E-state index contributed by atoms with van der Waals surface area (Å²) in [5.41, 5.74) is 1.42. The van der Waals surface area contributed by atoms with Crippen LogP contribution >= 0.6 is 0 Å². The standard InChI is InChI=1S/C17H32O2.C16H30O2.C8H15NO2.C2H6O4S/c1-4-5-6-7-8-9-10-11-12-13-14-15-19-17(18)16(2)3;1-4-5-6-7-8-9-10-11-12-13-14-18-16(17)15(2)3;1-7(2)8(10)11-6-5-9(3)4;1-5-7(3,4)6-2/h2,4-15H2,1,3H3;2,4-14H2,1,3H3;1,5-6H2,2-4H3;1-2H3. The molecule has 0 aromatic rings. The maximum atomic E-state index is 11.1. The van der Waals surface area contributed by atoms with E-state index >= 15 is 0 Å². The molecule has 0 bridgehead atoms. The number of esters is 3. The molecule has 0 atom stereocenters. The number of rotatable bonds is 31. The van der Waals surface area contributed by atoms with E-state index < -0.39 is 10.4 Å². The fraction of sp³-hybridized carbons (Fsp3) is 0.791. The summed E-state index contributed by atoms with van der Waals surface area (Å²) in [7, 11) is 2.25. The van der Waals surface area contributed by atoms with Crippen LogP contribution in [0.1, 0.15) is 169 Å². The number of hydrogen-bond donors (Lipinski definition) is 0. The van der Waals surface area contributed by atoms with Gasteiger partial charge in [-0.15, -0.1) is 0 Å². The Kier molecular flexibility index (Phi) is 47.5. The smallest absolute Gasteiger partial charge is 0.399 e. The third-order valence-electron chi connectivity index (χ3n) is 7.94. The molecule has 326 valence electrons. The zero-order chi connectivity index (χ0) is 42.8. The second kappa shape index (κ2) is 44.2. The summed E-state index contributed by atoms with van der Waals surface area (Å²) in [4.78, 5) is 34.9. The minimum Gasteiger partial charge on any atom is -0.462 e. The first-order valence-electron chi connectivity index (χ1n) is 20.5. The number of unbranched alkanes of at least 4 members (excludes halogenated alkanes) is 19. The molecule has 0 radical (unpaired) electrons. The van der Waals surface area contributed by atoms with E-state index in [1.165, 1.54) is 122 Å². The SMILES string of the molecule is C=C(C)C(=O)OCCCCCCCCCCCC.C=C(C)C(=O)OCCCCCCCCCCCCC.C=C(C)C(=O)OCCN(C)C.COS(=O)(=O)OC. The second-order valence-corrected chi connectivity index (χ2v) is 15.5. The Hall–Kier alpha value is -2.54. The molecular weight excluding hydrogens is 723 g/mol. The molecule has 0 saturated heterocycles. The number of carbonyl (C=O) groups excluding carboxylic acids is 3. The Labute approximate surface area is 338 Å². The molecule has 0 spiro atoms. The largest absolute Gasteiger partial charge is 0.462 e. The molecule has 0 aliphatic carbocycles. The fourth-order valence-corrected chi connectivity index (χ4v) is 4.58. The van der Waals surface area contributed by atoms with Gasteiger partial charge in [0.05, 0.1) is 27.4 Å². The quantitative estimate of drug-likeness (QED) is 0.0287. The monoisotopic (exact) mass is 806 g/mol. The summed E-state index contributed by atoms with van der Waals surface area (Å²) < 4.78 is 42.4. The number of carbonyl (C=O) groups is 3. The zero-order valence-corrected chi connectivity index (χ0v) is 37.6. The van der Waals surface area contributed by atoms with Gasteiger partial charge in [0.2, 0.25) is 0 Å². The van der Waals surface area contributed by atoms with Gasteiger partial charge in [-0.1, -0.05) is 156 Å². The maximum Gasteiger partial charge on any atom is 0.399 e. The lowest BCUT2D eigenvalue weighted by molar-refractivity contribution is -0.140. The molecular formula is C43H83NO10S. The number of likely N-dealkylation sites (N-methyl/N-ethyl adjacent to an activating group) is 1. The third kappa shape index (κ3) is 53.6. The highest BCUT2D eigenvalue weighted by Crippen LogP contribution is 2.12. The predicted molar refractivity (Wildman–Crippen MR) is 227 cm³/mol. The molecule has 0 rings (SSSR count). The Morgan fingerprint density at radius 2 is 0.691 bits per heavy atom. The van der Waals surface area contributed by atoms with Crippen molar-refractivity contribution in [2.75, 3.05) is 54.7 Å². The predicted octanol–water partition coefficient (Wildman–Crippen LogP) is 10.6. The average Bonchev–Trinajstić information content (AvgIpc) is 3.14. The minimum absolute atomic E-state index is 0.257. The minimum atomic E-state index is -3.66. The lowest BCUT2D eigenvalue weighted by Crippen LogP contribution is -2.20. The van der Waals surface area contributed by atoms with Crippen LogP contribution in [-0.2, 0) is 47.4 Å². The molecule has 55 heavy (non-hydrogen) atoms. The highest BCUT2D eigenvalue weighted by atomic mass is 32.3. The maximum absolute atomic E-state index is 11.1. The van der Waals surface area contributed by atoms with Crippen LogP contribution in [0.2, 0.25) is 0 Å². The first-order valence-corrected chi connectivity index (χ1v) is 21.8. The number of nitrogens with zero attached hydrogens (tertiary/aromatic N) is 1. The van der Waals surface area contributed by atoms with Crippen LogP contribution in [0.25, 0.3) is 0 Å². The topological polar surface area (TPSA) is 135 Å². The van der Waals surface area contributed by atoms with Crippen molar-refractivity contribution >= 4 is 28.3 Å². The normalized spacial score (nSPS) is 10.4. The Bertz CT molecular complexity index is 1060. The van der Waals surface area contributed by atoms with Gasteiger partial charge in [-0.05, 0) is 47.7 Å². The van der Waals surface area contributed by atoms with E-state index in [2.05, 4.69) is 42.0 Å². The first-order chi connectivity index (χ1) is 26.0. The third-order valence-corrected chi connectivity index (χ3v) is 8.75. The van der Waals surface area contributed by atoms with Gasteiger partial charge >= 0.3 is 28.3 Å². The van der Waals surface area contributed by atoms with Crippen LogP contribution in [0.4, 0.5) is 0 Å². The Morgan fingerprint density at radius 3 is 0.891 bits per heavy atom. The summed E-state index contributed by atoms with van der Waals surface area (Å²) >= 11 is 0. The van der Waals surface area contributed by atoms with Gasteiger partial charge in [0.15, 0.2) is 0 Å². The molecule has 0 N–H and O–H groups in total. The van der Waals surface area contributed by atoms with E-state index in [-0.39, 0.29) is 17.9 Å². The van der Waals surface area contributed by atoms with Gasteiger partial charge < -0.3 is 19.1 Å². The van der Waals surface area contributed by atoms with Crippen molar-refractivity contribution in [2.45, 2.75) is 169 Å². The molecule has 0 aliphatic rings. The van der Waals surface area contributed by atoms with Crippen molar-refractivity contribution in [1.82, 2.24) is 4.90 Å². The zero-order valence-electron chi connectivity index (χ0n) is 36.7. The summed E-state index contributed by atoms with van der Waals surface area (Å²) in [6, 6.07) is 0. The molecule has 12 heteroatoms. The highest BCUT2D eigenvalue weighted by molar-refractivity contribution is 7.81. The molecule has 11 nitrogen and oxygen atoms in total. The molecule has 0 fully saturated rings. The van der Waals surface area contributed by atoms with Crippen molar-refractivity contribution in [3.63, 3.8) is 0 Å². The first kappa shape index (κ1) is 59.2. The van der Waals surface area contributed by atoms with Gasteiger partial charge in [-0.25, -0.2) is 14.4 Å². The van der Waals surface area contributed by atoms with E-state index in [4.69, 9.17) is 14.2 Å². The van der Waals surface area contributed by atoms with E-state index in [0.29, 0.717) is 36.5 Å². The van der Waals surface area contributed by atoms with Crippen molar-refractivity contribution in [3.8, 4) is 0 Å². The summed E-state index contributed by atoms with van der Waals surface area (Å²) in [6.45, 7) is 22.3. The van der Waals surface area contributed by atoms with Crippen LogP contribution in [-0.4, -0.2) is 85.9 Å². The van der Waals surface area contributed by atoms with E-state index in [1.54, 1.807) is 20.8 Å². The molecule has 0 aromatic carbocycles. The van der Waals surface area contributed by atoms with Crippen LogP contribution in [0, 0.1) is 0 Å². The van der Waals surface area contributed by atoms with Gasteiger partial charge in [-0.2, -0.15) is 8.42 Å². The van der Waals surface area contributed by atoms with Gasteiger partial charge in [-0.3, -0.25) is 8.37 Å². The van der Waals surface area contributed by atoms with Crippen LogP contribution < -0.4 is 0 Å². The number of ether oxygens (including phenoxy) is 3. The Morgan fingerprint density at radius 1 is 0.455 bits per heavy atom. The fourth-order valence-electron chi connectivity index (χ4n) is 4.44. The van der Waals surface area contributed by atoms with E-state index in [0.717, 1.165) is 33.6 Å². The number of hydrogen-bond acceptors (Lipinski definition) is 11. The molecule has 0 amide bonds. The molecule has 0 aromatic heterocycles. The summed E-state index contributed by atoms with van der Waals surface area (Å²) in [6.07, 6.45) is 27.4. The van der Waals surface area contributed by atoms with Gasteiger partial charge in [0, 0.05) is 23.3 Å². The van der Waals surface area contributed by atoms with E-state index in [1.807, 2.05) is 19.0 Å².